The van der Waals surface area contributed by atoms with Gasteiger partial charge in [-0.2, -0.15) is 17.5 Å². The predicted molar refractivity (Wildman–Crippen MR) is 101 cm³/mol. The number of hydrogen-bond acceptors (Lipinski definition) is 3. The maximum absolute atomic E-state index is 13.5. The Bertz CT molecular complexity index is 875. The van der Waals surface area contributed by atoms with E-state index in [2.05, 4.69) is 0 Å². The Hall–Kier alpha value is -1.68. The summed E-state index contributed by atoms with van der Waals surface area (Å²) >= 11 is 0. The summed E-state index contributed by atoms with van der Waals surface area (Å²) < 4.78 is 79.4. The third-order valence-electron chi connectivity index (χ3n) is 3.88. The number of sulfonamides is 1. The van der Waals surface area contributed by atoms with E-state index in [1.165, 1.54) is 0 Å². The van der Waals surface area contributed by atoms with E-state index in [1.807, 2.05) is 0 Å². The molecule has 10 heteroatoms. The molecule has 0 unspecified atom stereocenters. The van der Waals surface area contributed by atoms with Gasteiger partial charge in [-0.05, 0) is 37.9 Å². The largest absolute Gasteiger partial charge is 0.419 e. The smallest absolute Gasteiger partial charge is 0.308 e. The van der Waals surface area contributed by atoms with Gasteiger partial charge >= 0.3 is 6.18 Å². The lowest BCUT2D eigenvalue weighted by Gasteiger charge is -2.24. The summed E-state index contributed by atoms with van der Waals surface area (Å²) in [4.78, 5) is 1.17. The fraction of sp³-hybridized carbons (Fsp3) is 0.333. The molecule has 2 rings (SSSR count). The van der Waals surface area contributed by atoms with Crippen LogP contribution in [0.3, 0.4) is 0 Å². The molecule has 2 aromatic rings. The number of likely N-dealkylation sites (N-methyl/N-ethyl adjacent to an activating group) is 1. The molecule has 0 N–H and O–H groups in total. The van der Waals surface area contributed by atoms with Crippen molar-refractivity contribution in [2.75, 3.05) is 27.2 Å². The Kier molecular flexibility index (Phi) is 8.43. The van der Waals surface area contributed by atoms with E-state index in [0.717, 1.165) is 10.4 Å². The van der Waals surface area contributed by atoms with Crippen molar-refractivity contribution in [3.05, 3.63) is 65.5 Å². The average Bonchev–Trinajstić information content (AvgIpc) is 2.58. The third-order valence-corrected chi connectivity index (χ3v) is 5.72. The van der Waals surface area contributed by atoms with Gasteiger partial charge < -0.3 is 4.90 Å². The SMILES string of the molecule is CN(C)CCN(Cc1ccccc1)S(=O)(=O)c1ccc(F)c(C(F)(F)F)c1.Cl. The number of hydrogen-bond donors (Lipinski definition) is 0. The normalized spacial score (nSPS) is 12.3. The average molecular weight is 441 g/mol. The van der Waals surface area contributed by atoms with Crippen LogP contribution in [0.2, 0.25) is 0 Å². The van der Waals surface area contributed by atoms with Crippen molar-refractivity contribution in [2.45, 2.75) is 17.6 Å². The molecule has 0 radical (unpaired) electrons. The van der Waals surface area contributed by atoms with Gasteiger partial charge in [0.25, 0.3) is 0 Å². The van der Waals surface area contributed by atoms with E-state index >= 15 is 0 Å². The molecule has 156 valence electrons. The van der Waals surface area contributed by atoms with E-state index in [-0.39, 0.29) is 25.5 Å². The van der Waals surface area contributed by atoms with Crippen molar-refractivity contribution in [1.29, 1.82) is 0 Å². The zero-order chi connectivity index (χ0) is 20.2. The molecule has 0 saturated carbocycles. The van der Waals surface area contributed by atoms with Gasteiger partial charge in [0.1, 0.15) is 5.82 Å². The van der Waals surface area contributed by atoms with Gasteiger partial charge in [0, 0.05) is 19.6 Å². The first kappa shape index (κ1) is 24.4. The Morgan fingerprint density at radius 3 is 2.11 bits per heavy atom. The quantitative estimate of drug-likeness (QED) is 0.611. The molecule has 0 atom stereocenters. The number of nitrogens with zero attached hydrogens (tertiary/aromatic N) is 2. The van der Waals surface area contributed by atoms with Crippen LogP contribution in [0, 0.1) is 5.82 Å². The van der Waals surface area contributed by atoms with Crippen LogP contribution in [-0.2, 0) is 22.7 Å². The third kappa shape index (κ3) is 6.16. The highest BCUT2D eigenvalue weighted by Gasteiger charge is 2.36. The van der Waals surface area contributed by atoms with Crippen molar-refractivity contribution >= 4 is 22.4 Å². The Balaban J connectivity index is 0.00000392. The van der Waals surface area contributed by atoms with E-state index in [9.17, 15) is 26.0 Å². The molecule has 2 aromatic carbocycles. The standard InChI is InChI=1S/C18H20F4N2O2S.ClH/c1-23(2)10-11-24(13-14-6-4-3-5-7-14)27(25,26)15-8-9-17(19)16(12-15)18(20,21)22;/h3-9,12H,10-11,13H2,1-2H3;1H. The lowest BCUT2D eigenvalue weighted by atomic mass is 10.2. The summed E-state index contributed by atoms with van der Waals surface area (Å²) in [5.74, 6) is -1.51. The van der Waals surface area contributed by atoms with Crippen molar-refractivity contribution < 1.29 is 26.0 Å². The van der Waals surface area contributed by atoms with Gasteiger partial charge in [-0.25, -0.2) is 12.8 Å². The molecule has 0 spiro atoms. The monoisotopic (exact) mass is 440 g/mol. The molecule has 0 saturated heterocycles. The minimum Gasteiger partial charge on any atom is -0.308 e. The van der Waals surface area contributed by atoms with Crippen molar-refractivity contribution in [3.8, 4) is 0 Å². The van der Waals surface area contributed by atoms with Gasteiger partial charge in [0.2, 0.25) is 10.0 Å². The van der Waals surface area contributed by atoms with Gasteiger partial charge in [0.05, 0.1) is 10.5 Å². The zero-order valence-corrected chi connectivity index (χ0v) is 16.9. The summed E-state index contributed by atoms with van der Waals surface area (Å²) in [6.45, 7) is 0.443. The molecule has 0 aliphatic heterocycles. The summed E-state index contributed by atoms with van der Waals surface area (Å²) in [5.41, 5.74) is -0.908. The maximum Gasteiger partial charge on any atom is 0.419 e. The van der Waals surface area contributed by atoms with Gasteiger partial charge in [-0.3, -0.25) is 0 Å². The molecular formula is C18H21ClF4N2O2S. The fourth-order valence-corrected chi connectivity index (χ4v) is 3.86. The van der Waals surface area contributed by atoms with Crippen LogP contribution < -0.4 is 0 Å². The van der Waals surface area contributed by atoms with Gasteiger partial charge in [-0.1, -0.05) is 30.3 Å². The topological polar surface area (TPSA) is 40.6 Å². The van der Waals surface area contributed by atoms with Gasteiger partial charge in [0.15, 0.2) is 0 Å². The van der Waals surface area contributed by atoms with Gasteiger partial charge in [-0.15, -0.1) is 12.4 Å². The Morgan fingerprint density at radius 1 is 0.964 bits per heavy atom. The molecule has 0 heterocycles. The van der Waals surface area contributed by atoms with E-state index in [4.69, 9.17) is 0 Å². The second-order valence-corrected chi connectivity index (χ2v) is 8.20. The Morgan fingerprint density at radius 2 is 1.57 bits per heavy atom. The van der Waals surface area contributed by atoms with Crippen molar-refractivity contribution in [1.82, 2.24) is 9.21 Å². The van der Waals surface area contributed by atoms with E-state index in [0.29, 0.717) is 24.2 Å². The highest BCUT2D eigenvalue weighted by molar-refractivity contribution is 7.89. The van der Waals surface area contributed by atoms with Crippen molar-refractivity contribution in [3.63, 3.8) is 0 Å². The molecule has 4 nitrogen and oxygen atoms in total. The van der Waals surface area contributed by atoms with Crippen LogP contribution >= 0.6 is 12.4 Å². The highest BCUT2D eigenvalue weighted by atomic mass is 35.5. The lowest BCUT2D eigenvalue weighted by Crippen LogP contribution is -2.36. The molecule has 0 aliphatic carbocycles. The number of benzene rings is 2. The van der Waals surface area contributed by atoms with Crippen LogP contribution in [0.5, 0.6) is 0 Å². The van der Waals surface area contributed by atoms with Crippen molar-refractivity contribution in [2.24, 2.45) is 0 Å². The highest BCUT2D eigenvalue weighted by Crippen LogP contribution is 2.33. The molecule has 0 fully saturated rings. The first-order valence-electron chi connectivity index (χ1n) is 8.07. The lowest BCUT2D eigenvalue weighted by molar-refractivity contribution is -0.140. The van der Waals surface area contributed by atoms with Crippen LogP contribution in [0.15, 0.2) is 53.4 Å². The molecule has 0 bridgehead atoms. The molecule has 0 amide bonds. The fourth-order valence-electron chi connectivity index (χ4n) is 2.41. The second-order valence-electron chi connectivity index (χ2n) is 6.27. The zero-order valence-electron chi connectivity index (χ0n) is 15.3. The number of alkyl halides is 3. The number of rotatable bonds is 7. The summed E-state index contributed by atoms with van der Waals surface area (Å²) in [5, 5.41) is 0. The summed E-state index contributed by atoms with van der Waals surface area (Å²) in [6, 6.07) is 10.4. The maximum atomic E-state index is 13.5. The van der Waals surface area contributed by atoms with Crippen LogP contribution in [0.4, 0.5) is 17.6 Å². The first-order valence-corrected chi connectivity index (χ1v) is 9.51. The summed E-state index contributed by atoms with van der Waals surface area (Å²) in [7, 11) is -0.741. The van der Waals surface area contributed by atoms with E-state index < -0.39 is 32.5 Å². The first-order chi connectivity index (χ1) is 12.5. The van der Waals surface area contributed by atoms with Crippen LogP contribution in [0.25, 0.3) is 0 Å². The van der Waals surface area contributed by atoms with Crippen LogP contribution in [-0.4, -0.2) is 44.8 Å². The minimum absolute atomic E-state index is 0. The molecule has 0 aliphatic rings. The molecule has 0 aromatic heterocycles. The molecular weight excluding hydrogens is 420 g/mol. The van der Waals surface area contributed by atoms with Crippen LogP contribution in [0.1, 0.15) is 11.1 Å². The predicted octanol–water partition coefficient (Wildman–Crippen LogP) is 4.02. The Labute approximate surface area is 168 Å². The number of halogens is 5. The van der Waals surface area contributed by atoms with E-state index in [1.54, 1.807) is 49.3 Å². The minimum atomic E-state index is -4.98. The molecule has 28 heavy (non-hydrogen) atoms. The second kappa shape index (κ2) is 9.69. The summed E-state index contributed by atoms with van der Waals surface area (Å²) in [6.07, 6.45) is -4.98.